The minimum atomic E-state index is -0.671. The first-order valence-corrected chi connectivity index (χ1v) is 8.75. The van der Waals surface area contributed by atoms with E-state index in [9.17, 15) is 14.4 Å². The number of para-hydroxylation sites is 2. The molecule has 1 amide bonds. The molecule has 0 bridgehead atoms. The lowest BCUT2D eigenvalue weighted by Crippen LogP contribution is -2.34. The molecule has 1 atom stereocenters. The van der Waals surface area contributed by atoms with Crippen LogP contribution in [-0.2, 0) is 18.3 Å². The van der Waals surface area contributed by atoms with Crippen LogP contribution in [0.15, 0.2) is 33.9 Å². The molecule has 1 aromatic carbocycles. The van der Waals surface area contributed by atoms with Crippen molar-refractivity contribution in [1.29, 1.82) is 0 Å². The molecule has 1 unspecified atom stereocenters. The summed E-state index contributed by atoms with van der Waals surface area (Å²) in [6, 6.07) is 7.53. The van der Waals surface area contributed by atoms with Gasteiger partial charge in [-0.05, 0) is 18.1 Å². The van der Waals surface area contributed by atoms with Crippen molar-refractivity contribution >= 4 is 16.9 Å². The average Bonchev–Trinajstić information content (AvgIpc) is 2.95. The summed E-state index contributed by atoms with van der Waals surface area (Å²) < 4.78 is 1.98. The van der Waals surface area contributed by atoms with Gasteiger partial charge < -0.3 is 9.88 Å². The minimum absolute atomic E-state index is 0.0787. The molecule has 0 radical (unpaired) electrons. The van der Waals surface area contributed by atoms with Crippen molar-refractivity contribution in [3.63, 3.8) is 0 Å². The van der Waals surface area contributed by atoms with Crippen LogP contribution in [0.2, 0.25) is 0 Å². The number of amides is 1. The van der Waals surface area contributed by atoms with Gasteiger partial charge in [-0.1, -0.05) is 26.0 Å². The Labute approximate surface area is 154 Å². The molecular formula is C18H22N6O3. The van der Waals surface area contributed by atoms with Gasteiger partial charge in [0.15, 0.2) is 0 Å². The van der Waals surface area contributed by atoms with E-state index in [1.807, 2.05) is 49.7 Å². The van der Waals surface area contributed by atoms with Gasteiger partial charge in [-0.15, -0.1) is 0 Å². The van der Waals surface area contributed by atoms with Crippen LogP contribution in [0.1, 0.15) is 37.8 Å². The first-order valence-electron chi connectivity index (χ1n) is 8.75. The predicted molar refractivity (Wildman–Crippen MR) is 100 cm³/mol. The quantitative estimate of drug-likeness (QED) is 0.591. The van der Waals surface area contributed by atoms with E-state index in [0.717, 1.165) is 16.9 Å². The van der Waals surface area contributed by atoms with Crippen molar-refractivity contribution in [3.8, 4) is 0 Å². The lowest BCUT2D eigenvalue weighted by molar-refractivity contribution is -0.122. The SMILES string of the molecule is CC(C)C(NC(=O)CCc1n[nH]c(=O)[nH]c1=O)c1nc2ccccc2n1C. The van der Waals surface area contributed by atoms with Crippen LogP contribution in [-0.4, -0.2) is 30.6 Å². The summed E-state index contributed by atoms with van der Waals surface area (Å²) in [5.74, 6) is 0.687. The summed E-state index contributed by atoms with van der Waals surface area (Å²) in [7, 11) is 1.93. The molecule has 142 valence electrons. The van der Waals surface area contributed by atoms with E-state index in [0.29, 0.717) is 0 Å². The second kappa shape index (κ2) is 7.56. The number of hydrogen-bond donors (Lipinski definition) is 3. The fraction of sp³-hybridized carbons (Fsp3) is 0.389. The molecule has 2 heterocycles. The van der Waals surface area contributed by atoms with Gasteiger partial charge in [-0.3, -0.25) is 14.6 Å². The van der Waals surface area contributed by atoms with Crippen molar-refractivity contribution in [2.45, 2.75) is 32.7 Å². The number of rotatable bonds is 6. The van der Waals surface area contributed by atoms with E-state index in [1.165, 1.54) is 0 Å². The first-order chi connectivity index (χ1) is 12.9. The molecule has 2 aromatic heterocycles. The van der Waals surface area contributed by atoms with Crippen molar-refractivity contribution < 1.29 is 4.79 Å². The zero-order valence-electron chi connectivity index (χ0n) is 15.4. The van der Waals surface area contributed by atoms with Crippen molar-refractivity contribution in [2.24, 2.45) is 13.0 Å². The topological polar surface area (TPSA) is 126 Å². The van der Waals surface area contributed by atoms with E-state index in [2.05, 4.69) is 25.5 Å². The highest BCUT2D eigenvalue weighted by Gasteiger charge is 2.24. The summed E-state index contributed by atoms with van der Waals surface area (Å²) in [5, 5.41) is 8.85. The number of fused-ring (bicyclic) bond motifs is 1. The van der Waals surface area contributed by atoms with E-state index in [1.54, 1.807) is 0 Å². The monoisotopic (exact) mass is 370 g/mol. The van der Waals surface area contributed by atoms with Crippen molar-refractivity contribution in [3.05, 3.63) is 56.6 Å². The molecule has 0 aliphatic rings. The van der Waals surface area contributed by atoms with E-state index >= 15 is 0 Å². The molecule has 3 aromatic rings. The Morgan fingerprint density at radius 3 is 2.67 bits per heavy atom. The Balaban J connectivity index is 1.75. The van der Waals surface area contributed by atoms with Crippen LogP contribution >= 0.6 is 0 Å². The fourth-order valence-electron chi connectivity index (χ4n) is 2.99. The molecule has 9 nitrogen and oxygen atoms in total. The van der Waals surface area contributed by atoms with Gasteiger partial charge in [0.1, 0.15) is 11.5 Å². The van der Waals surface area contributed by atoms with Gasteiger partial charge in [0.05, 0.1) is 17.1 Å². The number of H-pyrrole nitrogens is 2. The summed E-state index contributed by atoms with van der Waals surface area (Å²) in [4.78, 5) is 41.9. The molecule has 0 saturated carbocycles. The van der Waals surface area contributed by atoms with Gasteiger partial charge in [0.25, 0.3) is 5.56 Å². The van der Waals surface area contributed by atoms with Crippen LogP contribution < -0.4 is 16.6 Å². The third-order valence-corrected chi connectivity index (χ3v) is 4.45. The molecule has 0 spiro atoms. The van der Waals surface area contributed by atoms with Gasteiger partial charge in [-0.2, -0.15) is 5.10 Å². The van der Waals surface area contributed by atoms with Gasteiger partial charge in [0.2, 0.25) is 5.91 Å². The number of aryl methyl sites for hydroxylation is 2. The van der Waals surface area contributed by atoms with Crippen LogP contribution in [0.25, 0.3) is 11.0 Å². The predicted octanol–water partition coefficient (Wildman–Crippen LogP) is 0.791. The molecular weight excluding hydrogens is 348 g/mol. The molecule has 3 N–H and O–H groups in total. The average molecular weight is 370 g/mol. The Bertz CT molecular complexity index is 1080. The normalized spacial score (nSPS) is 12.4. The van der Waals surface area contributed by atoms with Gasteiger partial charge in [0, 0.05) is 19.9 Å². The van der Waals surface area contributed by atoms with Crippen LogP contribution in [0.4, 0.5) is 0 Å². The van der Waals surface area contributed by atoms with E-state index < -0.39 is 11.2 Å². The summed E-state index contributed by atoms with van der Waals surface area (Å²) in [6.45, 7) is 4.02. The number of carbonyl (C=O) groups excluding carboxylic acids is 1. The molecule has 0 fully saturated rings. The third-order valence-electron chi connectivity index (χ3n) is 4.45. The Kier molecular flexibility index (Phi) is 5.20. The Morgan fingerprint density at radius 1 is 1.26 bits per heavy atom. The molecule has 0 saturated heterocycles. The summed E-state index contributed by atoms with van der Waals surface area (Å²) in [6.07, 6.45) is 0.209. The standard InChI is InChI=1S/C18H22N6O3/c1-10(2)15(16-19-11-6-4-5-7-13(11)24(16)3)20-14(25)9-8-12-17(26)21-18(27)23-22-12/h4-7,10,15H,8-9H2,1-3H3,(H,20,25)(H2,21,23,26,27). The molecule has 9 heteroatoms. The molecule has 0 aliphatic carbocycles. The largest absolute Gasteiger partial charge is 0.346 e. The first kappa shape index (κ1) is 18.6. The number of aromatic amines is 2. The molecule has 3 rings (SSSR count). The highest BCUT2D eigenvalue weighted by atomic mass is 16.2. The van der Waals surface area contributed by atoms with E-state index in [4.69, 9.17) is 0 Å². The second-order valence-electron chi connectivity index (χ2n) is 6.76. The van der Waals surface area contributed by atoms with Crippen LogP contribution in [0, 0.1) is 5.92 Å². The maximum Gasteiger partial charge on any atom is 0.342 e. The maximum absolute atomic E-state index is 12.4. The summed E-state index contributed by atoms with van der Waals surface area (Å²) in [5.41, 5.74) is 0.737. The van der Waals surface area contributed by atoms with Crippen molar-refractivity contribution in [1.82, 2.24) is 30.0 Å². The number of imidazole rings is 1. The maximum atomic E-state index is 12.4. The zero-order valence-corrected chi connectivity index (χ0v) is 15.4. The number of carbonyl (C=O) groups is 1. The number of nitrogens with zero attached hydrogens (tertiary/aromatic N) is 3. The number of aromatic nitrogens is 5. The minimum Gasteiger partial charge on any atom is -0.346 e. The highest BCUT2D eigenvalue weighted by Crippen LogP contribution is 2.24. The van der Waals surface area contributed by atoms with Crippen molar-refractivity contribution in [2.75, 3.05) is 0 Å². The smallest absolute Gasteiger partial charge is 0.342 e. The number of nitrogens with one attached hydrogen (secondary N) is 3. The zero-order chi connectivity index (χ0) is 19.6. The molecule has 27 heavy (non-hydrogen) atoms. The summed E-state index contributed by atoms with van der Waals surface area (Å²) >= 11 is 0. The van der Waals surface area contributed by atoms with E-state index in [-0.39, 0.29) is 36.4 Å². The highest BCUT2D eigenvalue weighted by molar-refractivity contribution is 5.78. The van der Waals surface area contributed by atoms with Gasteiger partial charge in [-0.25, -0.2) is 14.9 Å². The lowest BCUT2D eigenvalue weighted by Gasteiger charge is -2.22. The Morgan fingerprint density at radius 2 is 2.00 bits per heavy atom. The molecule has 0 aliphatic heterocycles. The van der Waals surface area contributed by atoms with Crippen LogP contribution in [0.3, 0.4) is 0 Å². The fourth-order valence-corrected chi connectivity index (χ4v) is 2.99. The number of benzene rings is 1. The third kappa shape index (κ3) is 3.97. The van der Waals surface area contributed by atoms with Gasteiger partial charge >= 0.3 is 5.69 Å². The number of hydrogen-bond acceptors (Lipinski definition) is 5. The van der Waals surface area contributed by atoms with Crippen LogP contribution in [0.5, 0.6) is 0 Å². The Hall–Kier alpha value is -3.23. The second-order valence-corrected chi connectivity index (χ2v) is 6.76. The lowest BCUT2D eigenvalue weighted by atomic mass is 10.0.